The van der Waals surface area contributed by atoms with Crippen LogP contribution in [0.3, 0.4) is 0 Å². The fourth-order valence-electron chi connectivity index (χ4n) is 1.17. The van der Waals surface area contributed by atoms with Crippen LogP contribution in [0.4, 0.5) is 5.69 Å². The molecule has 1 amide bonds. The molecule has 2 aromatic rings. The molecule has 0 saturated heterocycles. The van der Waals surface area contributed by atoms with Crippen molar-refractivity contribution in [1.29, 1.82) is 0 Å². The van der Waals surface area contributed by atoms with E-state index in [0.717, 1.165) is 0 Å². The molecule has 2 rings (SSSR count). The highest BCUT2D eigenvalue weighted by Gasteiger charge is 2.16. The van der Waals surface area contributed by atoms with Crippen molar-refractivity contribution >= 4 is 34.8 Å². The van der Waals surface area contributed by atoms with Crippen molar-refractivity contribution in [2.75, 3.05) is 5.32 Å². The first-order chi connectivity index (χ1) is 8.08. The van der Waals surface area contributed by atoms with Gasteiger partial charge in [0.05, 0.1) is 15.7 Å². The van der Waals surface area contributed by atoms with Gasteiger partial charge in [0.15, 0.2) is 0 Å². The van der Waals surface area contributed by atoms with Crippen LogP contribution in [0.15, 0.2) is 22.6 Å². The molecular formula is C10H7Cl2N3O2. The molecule has 0 saturated carbocycles. The average Bonchev–Trinajstić information content (AvgIpc) is 2.70. The maximum Gasteiger partial charge on any atom is 0.313 e. The summed E-state index contributed by atoms with van der Waals surface area (Å²) in [4.78, 5) is 11.7. The topological polar surface area (TPSA) is 68.0 Å². The second-order valence-corrected chi connectivity index (χ2v) is 3.99. The van der Waals surface area contributed by atoms with Crippen LogP contribution in [0, 0.1) is 6.92 Å². The zero-order chi connectivity index (χ0) is 12.4. The molecule has 0 fully saturated rings. The summed E-state index contributed by atoms with van der Waals surface area (Å²) in [6.07, 6.45) is 0. The molecule has 1 heterocycles. The Morgan fingerprint density at radius 2 is 1.94 bits per heavy atom. The standard InChI is InChI=1S/C10H7Cl2N3O2/c1-5-14-15-10(17-5)9(16)13-8-6(11)3-2-4-7(8)12/h2-4H,1H3,(H,13,16). The van der Waals surface area contributed by atoms with Gasteiger partial charge in [0.1, 0.15) is 0 Å². The van der Waals surface area contributed by atoms with Crippen LogP contribution >= 0.6 is 23.2 Å². The molecule has 17 heavy (non-hydrogen) atoms. The lowest BCUT2D eigenvalue weighted by Gasteiger charge is -2.06. The Morgan fingerprint density at radius 3 is 2.47 bits per heavy atom. The van der Waals surface area contributed by atoms with Crippen LogP contribution in [0.2, 0.25) is 10.0 Å². The summed E-state index contributed by atoms with van der Waals surface area (Å²) < 4.78 is 4.98. The van der Waals surface area contributed by atoms with Gasteiger partial charge in [0, 0.05) is 6.92 Å². The highest BCUT2D eigenvalue weighted by atomic mass is 35.5. The number of carbonyl (C=O) groups excluding carboxylic acids is 1. The first-order valence-corrected chi connectivity index (χ1v) is 5.39. The van der Waals surface area contributed by atoms with Gasteiger partial charge in [-0.2, -0.15) is 0 Å². The second-order valence-electron chi connectivity index (χ2n) is 3.18. The molecule has 0 atom stereocenters. The van der Waals surface area contributed by atoms with Gasteiger partial charge in [-0.3, -0.25) is 4.79 Å². The monoisotopic (exact) mass is 271 g/mol. The Hall–Kier alpha value is -1.59. The largest absolute Gasteiger partial charge is 0.417 e. The highest BCUT2D eigenvalue weighted by molar-refractivity contribution is 6.39. The van der Waals surface area contributed by atoms with E-state index in [0.29, 0.717) is 21.6 Å². The Balaban J connectivity index is 2.24. The van der Waals surface area contributed by atoms with Gasteiger partial charge in [0.25, 0.3) is 0 Å². The number of halogens is 2. The van der Waals surface area contributed by atoms with Gasteiger partial charge in [-0.25, -0.2) is 0 Å². The second kappa shape index (κ2) is 4.73. The molecule has 0 bridgehead atoms. The number of nitrogens with one attached hydrogen (secondary N) is 1. The highest BCUT2D eigenvalue weighted by Crippen LogP contribution is 2.30. The number of hydrogen-bond acceptors (Lipinski definition) is 4. The minimum Gasteiger partial charge on any atom is -0.417 e. The van der Waals surface area contributed by atoms with Crippen LogP contribution < -0.4 is 5.32 Å². The molecule has 7 heteroatoms. The Kier molecular flexibility index (Phi) is 3.31. The maximum atomic E-state index is 11.7. The van der Waals surface area contributed by atoms with Crippen molar-refractivity contribution < 1.29 is 9.21 Å². The summed E-state index contributed by atoms with van der Waals surface area (Å²) in [6.45, 7) is 1.59. The summed E-state index contributed by atoms with van der Waals surface area (Å²) in [5.74, 6) is -0.389. The Bertz CT molecular complexity index is 548. The van der Waals surface area contributed by atoms with E-state index < -0.39 is 5.91 Å². The molecular weight excluding hydrogens is 265 g/mol. The fraction of sp³-hybridized carbons (Fsp3) is 0.100. The van der Waals surface area contributed by atoms with Crippen molar-refractivity contribution in [1.82, 2.24) is 10.2 Å². The molecule has 0 spiro atoms. The van der Waals surface area contributed by atoms with E-state index in [1.807, 2.05) is 0 Å². The van der Waals surface area contributed by atoms with Crippen molar-refractivity contribution in [3.63, 3.8) is 0 Å². The molecule has 88 valence electrons. The van der Waals surface area contributed by atoms with Gasteiger partial charge in [-0.05, 0) is 12.1 Å². The normalized spacial score (nSPS) is 10.3. The van der Waals surface area contributed by atoms with E-state index in [-0.39, 0.29) is 5.89 Å². The summed E-state index contributed by atoms with van der Waals surface area (Å²) in [7, 11) is 0. The fourth-order valence-corrected chi connectivity index (χ4v) is 1.66. The Morgan fingerprint density at radius 1 is 1.29 bits per heavy atom. The van der Waals surface area contributed by atoms with E-state index in [9.17, 15) is 4.79 Å². The minimum absolute atomic E-state index is 0.140. The van der Waals surface area contributed by atoms with Crippen molar-refractivity contribution in [2.45, 2.75) is 6.92 Å². The zero-order valence-corrected chi connectivity index (χ0v) is 10.2. The van der Waals surface area contributed by atoms with Gasteiger partial charge in [-0.1, -0.05) is 29.3 Å². The summed E-state index contributed by atoms with van der Waals surface area (Å²) in [6, 6.07) is 4.90. The minimum atomic E-state index is -0.555. The number of aryl methyl sites for hydroxylation is 1. The molecule has 5 nitrogen and oxygen atoms in total. The first-order valence-electron chi connectivity index (χ1n) is 4.63. The molecule has 0 radical (unpaired) electrons. The van der Waals surface area contributed by atoms with E-state index in [1.54, 1.807) is 25.1 Å². The zero-order valence-electron chi connectivity index (χ0n) is 8.70. The third-order valence-corrected chi connectivity index (χ3v) is 2.55. The van der Waals surface area contributed by atoms with Crippen LogP contribution in [0.1, 0.15) is 16.6 Å². The lowest BCUT2D eigenvalue weighted by atomic mass is 10.3. The number of anilines is 1. The van der Waals surface area contributed by atoms with Crippen LogP contribution in [0.5, 0.6) is 0 Å². The first kappa shape index (κ1) is 11.9. The van der Waals surface area contributed by atoms with Gasteiger partial charge in [-0.15, -0.1) is 10.2 Å². The van der Waals surface area contributed by atoms with Gasteiger partial charge in [0.2, 0.25) is 5.89 Å². The predicted octanol–water partition coefficient (Wildman–Crippen LogP) is 2.94. The molecule has 0 aliphatic rings. The van der Waals surface area contributed by atoms with Crippen molar-refractivity contribution in [3.8, 4) is 0 Å². The van der Waals surface area contributed by atoms with Crippen LogP contribution in [-0.2, 0) is 0 Å². The molecule has 1 N–H and O–H groups in total. The molecule has 0 aliphatic carbocycles. The third kappa shape index (κ3) is 2.57. The number of amides is 1. The average molecular weight is 272 g/mol. The van der Waals surface area contributed by atoms with Crippen molar-refractivity contribution in [2.24, 2.45) is 0 Å². The van der Waals surface area contributed by atoms with Crippen molar-refractivity contribution in [3.05, 3.63) is 40.0 Å². The predicted molar refractivity (Wildman–Crippen MR) is 63.5 cm³/mol. The number of carbonyl (C=O) groups is 1. The van der Waals surface area contributed by atoms with E-state index in [1.165, 1.54) is 0 Å². The SMILES string of the molecule is Cc1nnc(C(=O)Nc2c(Cl)cccc2Cl)o1. The quantitative estimate of drug-likeness (QED) is 0.912. The molecule has 1 aromatic carbocycles. The van der Waals surface area contributed by atoms with Crippen LogP contribution in [-0.4, -0.2) is 16.1 Å². The van der Waals surface area contributed by atoms with E-state index >= 15 is 0 Å². The number of aromatic nitrogens is 2. The lowest BCUT2D eigenvalue weighted by Crippen LogP contribution is -2.13. The van der Waals surface area contributed by atoms with E-state index in [2.05, 4.69) is 15.5 Å². The summed E-state index contributed by atoms with van der Waals surface area (Å²) in [5.41, 5.74) is 0.316. The summed E-state index contributed by atoms with van der Waals surface area (Å²) >= 11 is 11.8. The van der Waals surface area contributed by atoms with E-state index in [4.69, 9.17) is 27.6 Å². The number of rotatable bonds is 2. The third-order valence-electron chi connectivity index (χ3n) is 1.92. The van der Waals surface area contributed by atoms with Gasteiger partial charge < -0.3 is 9.73 Å². The number of hydrogen-bond donors (Lipinski definition) is 1. The lowest BCUT2D eigenvalue weighted by molar-refractivity contribution is 0.0989. The maximum absolute atomic E-state index is 11.7. The van der Waals surface area contributed by atoms with Crippen LogP contribution in [0.25, 0.3) is 0 Å². The number of nitrogens with zero attached hydrogens (tertiary/aromatic N) is 2. The molecule has 0 aliphatic heterocycles. The number of benzene rings is 1. The van der Waals surface area contributed by atoms with Gasteiger partial charge >= 0.3 is 11.8 Å². The number of para-hydroxylation sites is 1. The molecule has 0 unspecified atom stereocenters. The smallest absolute Gasteiger partial charge is 0.313 e. The summed E-state index contributed by atoms with van der Waals surface area (Å²) in [5, 5.41) is 10.3. The Labute approximate surface area is 107 Å². The molecule has 1 aromatic heterocycles.